The molecule has 0 aliphatic carbocycles. The number of hydrogen-bond donors (Lipinski definition) is 1. The van der Waals surface area contributed by atoms with Gasteiger partial charge in [-0.05, 0) is 53.9 Å². The lowest BCUT2D eigenvalue weighted by atomic mass is 10.1. The van der Waals surface area contributed by atoms with Gasteiger partial charge in [-0.15, -0.1) is 0 Å². The number of nitrogens with zero attached hydrogens (tertiary/aromatic N) is 3. The smallest absolute Gasteiger partial charge is 0.271 e. The quantitative estimate of drug-likeness (QED) is 0.556. The lowest BCUT2D eigenvalue weighted by Gasteiger charge is -2.08. The average molecular weight is 374 g/mol. The van der Waals surface area contributed by atoms with Crippen LogP contribution in [-0.4, -0.2) is 33.7 Å². The van der Waals surface area contributed by atoms with E-state index in [-0.39, 0.29) is 5.91 Å². The number of carbonyl (C=O) groups excluding carboxylic acids is 1. The van der Waals surface area contributed by atoms with Crippen LogP contribution in [0.5, 0.6) is 5.75 Å². The van der Waals surface area contributed by atoms with Crippen molar-refractivity contribution in [1.82, 2.24) is 19.5 Å². The molecule has 0 aliphatic rings. The minimum atomic E-state index is -0.154. The van der Waals surface area contributed by atoms with Crippen molar-refractivity contribution in [1.29, 1.82) is 0 Å². The number of ether oxygens (including phenoxy) is 1. The number of amides is 1. The molecule has 0 saturated heterocycles. The van der Waals surface area contributed by atoms with Gasteiger partial charge >= 0.3 is 0 Å². The largest absolute Gasteiger partial charge is 0.497 e. The Hall–Kier alpha value is -3.54. The minimum absolute atomic E-state index is 0.154. The molecule has 0 bridgehead atoms. The molecule has 0 saturated carbocycles. The Morgan fingerprint density at radius 3 is 2.79 bits per heavy atom. The third-order valence-electron chi connectivity index (χ3n) is 4.63. The number of nitrogens with one attached hydrogen (secondary N) is 1. The molecule has 0 unspecified atom stereocenters. The van der Waals surface area contributed by atoms with Crippen LogP contribution in [0.1, 0.15) is 23.8 Å². The number of fused-ring (bicyclic) bond motifs is 1. The Bertz CT molecular complexity index is 1130. The molecule has 3 aromatic heterocycles. The first kappa shape index (κ1) is 17.9. The van der Waals surface area contributed by atoms with Crippen LogP contribution < -0.4 is 10.1 Å². The molecule has 0 aliphatic heterocycles. The van der Waals surface area contributed by atoms with Crippen LogP contribution in [0.25, 0.3) is 22.5 Å². The first-order valence-electron chi connectivity index (χ1n) is 9.29. The van der Waals surface area contributed by atoms with Crippen LogP contribution in [-0.2, 0) is 0 Å². The number of carbonyl (C=O) groups is 1. The fourth-order valence-corrected chi connectivity index (χ4v) is 3.15. The van der Waals surface area contributed by atoms with E-state index >= 15 is 0 Å². The Morgan fingerprint density at radius 2 is 1.96 bits per heavy atom. The van der Waals surface area contributed by atoms with Gasteiger partial charge in [0.1, 0.15) is 11.6 Å². The normalized spacial score (nSPS) is 10.9. The number of benzene rings is 1. The summed E-state index contributed by atoms with van der Waals surface area (Å²) in [5.41, 5.74) is 3.60. The van der Waals surface area contributed by atoms with Crippen LogP contribution >= 0.6 is 0 Å². The molecular formula is C22H22N4O2. The highest BCUT2D eigenvalue weighted by molar-refractivity contribution is 5.92. The standard InChI is InChI=1S/C22H22N4O2/c1-3-12-23-22(27)20-11-13-26(24-20)21-10-9-18-8-7-17(15-25(18)21)16-5-4-6-19(14-16)28-2/h4-11,13-15H,3,12H2,1-2H3,(H,23,27). The highest BCUT2D eigenvalue weighted by Crippen LogP contribution is 2.26. The molecule has 1 aromatic carbocycles. The molecule has 28 heavy (non-hydrogen) atoms. The second-order valence-corrected chi connectivity index (χ2v) is 6.54. The summed E-state index contributed by atoms with van der Waals surface area (Å²) in [6.45, 7) is 2.66. The zero-order chi connectivity index (χ0) is 19.5. The van der Waals surface area contributed by atoms with E-state index in [0.29, 0.717) is 12.2 Å². The first-order chi connectivity index (χ1) is 13.7. The lowest BCUT2D eigenvalue weighted by Crippen LogP contribution is -2.24. The Morgan fingerprint density at radius 1 is 1.11 bits per heavy atom. The van der Waals surface area contributed by atoms with Crippen molar-refractivity contribution >= 4 is 11.4 Å². The van der Waals surface area contributed by atoms with Gasteiger partial charge < -0.3 is 14.5 Å². The van der Waals surface area contributed by atoms with Crippen molar-refractivity contribution < 1.29 is 9.53 Å². The van der Waals surface area contributed by atoms with E-state index in [1.165, 1.54) is 0 Å². The Labute approximate surface area is 163 Å². The molecule has 6 heteroatoms. The third kappa shape index (κ3) is 3.36. The van der Waals surface area contributed by atoms with Crippen molar-refractivity contribution in [3.05, 3.63) is 72.7 Å². The third-order valence-corrected chi connectivity index (χ3v) is 4.63. The highest BCUT2D eigenvalue weighted by Gasteiger charge is 2.12. The fraction of sp³-hybridized carbons (Fsp3) is 0.182. The number of aromatic nitrogens is 3. The van der Waals surface area contributed by atoms with Crippen LogP contribution in [0.15, 0.2) is 67.0 Å². The fourth-order valence-electron chi connectivity index (χ4n) is 3.15. The number of hydrogen-bond acceptors (Lipinski definition) is 3. The van der Waals surface area contributed by atoms with E-state index in [0.717, 1.165) is 34.6 Å². The van der Waals surface area contributed by atoms with E-state index < -0.39 is 0 Å². The molecule has 3 heterocycles. The van der Waals surface area contributed by atoms with E-state index in [1.807, 2.05) is 37.3 Å². The number of rotatable bonds is 6. The topological polar surface area (TPSA) is 60.6 Å². The molecule has 142 valence electrons. The molecule has 1 amide bonds. The summed E-state index contributed by atoms with van der Waals surface area (Å²) in [6.07, 6.45) is 4.77. The van der Waals surface area contributed by atoms with Gasteiger partial charge in [0.25, 0.3) is 5.91 Å². The Balaban J connectivity index is 1.71. The van der Waals surface area contributed by atoms with Crippen molar-refractivity contribution in [3.63, 3.8) is 0 Å². The van der Waals surface area contributed by atoms with Crippen LogP contribution in [0.3, 0.4) is 0 Å². The monoisotopic (exact) mass is 374 g/mol. The van der Waals surface area contributed by atoms with Gasteiger partial charge in [-0.2, -0.15) is 5.10 Å². The van der Waals surface area contributed by atoms with Crippen molar-refractivity contribution in [2.75, 3.05) is 13.7 Å². The Kier molecular flexibility index (Phi) is 4.85. The maximum absolute atomic E-state index is 12.1. The van der Waals surface area contributed by atoms with Gasteiger partial charge in [0.15, 0.2) is 5.69 Å². The summed E-state index contributed by atoms with van der Waals surface area (Å²) in [4.78, 5) is 12.1. The van der Waals surface area contributed by atoms with E-state index in [2.05, 4.69) is 39.2 Å². The van der Waals surface area contributed by atoms with Crippen LogP contribution in [0.2, 0.25) is 0 Å². The SMILES string of the molecule is CCCNC(=O)c1ccn(-c2ccc3ccc(-c4cccc(OC)c4)cn23)n1. The van der Waals surface area contributed by atoms with Crippen molar-refractivity contribution in [2.24, 2.45) is 0 Å². The summed E-state index contributed by atoms with van der Waals surface area (Å²) < 4.78 is 9.13. The van der Waals surface area contributed by atoms with Crippen LogP contribution in [0.4, 0.5) is 0 Å². The molecular weight excluding hydrogens is 352 g/mol. The predicted octanol–water partition coefficient (Wildman–Crippen LogP) is 3.94. The van der Waals surface area contributed by atoms with Gasteiger partial charge in [0.2, 0.25) is 0 Å². The van der Waals surface area contributed by atoms with Gasteiger partial charge in [0.05, 0.1) is 7.11 Å². The maximum Gasteiger partial charge on any atom is 0.271 e. The molecule has 1 N–H and O–H groups in total. The zero-order valence-electron chi connectivity index (χ0n) is 15.9. The maximum atomic E-state index is 12.1. The number of pyridine rings is 1. The zero-order valence-corrected chi connectivity index (χ0v) is 15.9. The van der Waals surface area contributed by atoms with Crippen molar-refractivity contribution in [3.8, 4) is 22.7 Å². The van der Waals surface area contributed by atoms with E-state index in [1.54, 1.807) is 24.1 Å². The van der Waals surface area contributed by atoms with Gasteiger partial charge in [-0.3, -0.25) is 4.79 Å². The lowest BCUT2D eigenvalue weighted by molar-refractivity contribution is 0.0948. The van der Waals surface area contributed by atoms with Gasteiger partial charge in [0, 0.05) is 24.5 Å². The van der Waals surface area contributed by atoms with Gasteiger partial charge in [-0.1, -0.05) is 25.1 Å². The van der Waals surface area contributed by atoms with E-state index in [9.17, 15) is 4.79 Å². The summed E-state index contributed by atoms with van der Waals surface area (Å²) in [5.74, 6) is 1.54. The number of methoxy groups -OCH3 is 1. The molecule has 6 nitrogen and oxygen atoms in total. The minimum Gasteiger partial charge on any atom is -0.497 e. The molecule has 0 fully saturated rings. The van der Waals surface area contributed by atoms with Crippen LogP contribution in [0, 0.1) is 0 Å². The second-order valence-electron chi connectivity index (χ2n) is 6.54. The molecule has 0 atom stereocenters. The molecule has 0 spiro atoms. The van der Waals surface area contributed by atoms with Gasteiger partial charge in [-0.25, -0.2) is 4.68 Å². The average Bonchev–Trinajstić information content (AvgIpc) is 3.38. The summed E-state index contributed by atoms with van der Waals surface area (Å²) in [6, 6.07) is 17.9. The van der Waals surface area contributed by atoms with Crippen molar-refractivity contribution in [2.45, 2.75) is 13.3 Å². The molecule has 4 aromatic rings. The predicted molar refractivity (Wildman–Crippen MR) is 109 cm³/mol. The second kappa shape index (κ2) is 7.60. The molecule has 4 rings (SSSR count). The summed E-state index contributed by atoms with van der Waals surface area (Å²) >= 11 is 0. The first-order valence-corrected chi connectivity index (χ1v) is 9.29. The highest BCUT2D eigenvalue weighted by atomic mass is 16.5. The molecule has 0 radical (unpaired) electrons. The summed E-state index contributed by atoms with van der Waals surface area (Å²) in [7, 11) is 1.66. The summed E-state index contributed by atoms with van der Waals surface area (Å²) in [5, 5.41) is 7.30. The van der Waals surface area contributed by atoms with E-state index in [4.69, 9.17) is 4.74 Å².